The molecule has 0 radical (unpaired) electrons. The van der Waals surface area contributed by atoms with Crippen molar-refractivity contribution in [3.63, 3.8) is 0 Å². The van der Waals surface area contributed by atoms with Gasteiger partial charge >= 0.3 is 0 Å². The van der Waals surface area contributed by atoms with Crippen LogP contribution in [-0.2, 0) is 24.4 Å². The summed E-state index contributed by atoms with van der Waals surface area (Å²) >= 11 is 5.79. The van der Waals surface area contributed by atoms with E-state index >= 15 is 0 Å². The summed E-state index contributed by atoms with van der Waals surface area (Å²) in [6.45, 7) is 17.8. The number of nitrogens with zero attached hydrogens (tertiary/aromatic N) is 1. The number of H-pyrrole nitrogens is 1. The molecule has 6 rings (SSSR count). The van der Waals surface area contributed by atoms with E-state index in [4.69, 9.17) is 16.3 Å². The van der Waals surface area contributed by atoms with Crippen molar-refractivity contribution in [2.75, 3.05) is 32.6 Å². The van der Waals surface area contributed by atoms with Gasteiger partial charge in [0.25, 0.3) is 5.56 Å². The third-order valence-electron chi connectivity index (χ3n) is 7.38. The minimum Gasteiger partial charge on any atom is -0.495 e. The fraction of sp³-hybridized carbons (Fsp3) is 0.432. The van der Waals surface area contributed by atoms with Gasteiger partial charge in [-0.05, 0) is 88.4 Å². The summed E-state index contributed by atoms with van der Waals surface area (Å²) in [7, 11) is 0.334. The van der Waals surface area contributed by atoms with E-state index in [0.29, 0.717) is 40.6 Å². The highest BCUT2D eigenvalue weighted by Gasteiger charge is 2.35. The lowest BCUT2D eigenvalue weighted by Crippen LogP contribution is -2.42. The Balaban J connectivity index is -0.000000655. The largest absolute Gasteiger partial charge is 0.495 e. The molecule has 3 aromatic rings. The number of carbonyl (C=O) groups excluding carboxylic acids is 4. The first-order valence-corrected chi connectivity index (χ1v) is 20.9. The zero-order chi connectivity index (χ0) is 46.0. The number of aromatic nitrogens is 1. The molecule has 2 aliphatic carbocycles. The van der Waals surface area contributed by atoms with Crippen molar-refractivity contribution in [1.29, 1.82) is 0 Å². The van der Waals surface area contributed by atoms with Crippen LogP contribution in [0.2, 0.25) is 5.02 Å². The zero-order valence-corrected chi connectivity index (χ0v) is 37.1. The van der Waals surface area contributed by atoms with Crippen LogP contribution in [0.4, 0.5) is 5.69 Å². The lowest BCUT2D eigenvalue weighted by Gasteiger charge is -2.18. The Bertz CT molecular complexity index is 1850. The third-order valence-corrected chi connectivity index (χ3v) is 9.39. The van der Waals surface area contributed by atoms with Crippen molar-refractivity contribution in [2.45, 2.75) is 90.5 Å². The Hall–Kier alpha value is -5.41. The van der Waals surface area contributed by atoms with Crippen LogP contribution < -0.4 is 25.7 Å². The van der Waals surface area contributed by atoms with E-state index < -0.39 is 10.0 Å². The van der Waals surface area contributed by atoms with E-state index in [1.807, 2.05) is 20.9 Å². The first-order chi connectivity index (χ1) is 28.3. The normalized spacial score (nSPS) is 14.3. The molecule has 2 amide bonds. The molecule has 1 aromatic heterocycles. The number of amides is 2. The highest BCUT2D eigenvalue weighted by atomic mass is 35.5. The van der Waals surface area contributed by atoms with Gasteiger partial charge in [-0.3, -0.25) is 28.8 Å². The molecule has 15 heteroatoms. The highest BCUT2D eigenvalue weighted by Crippen LogP contribution is 2.27. The second-order valence-corrected chi connectivity index (χ2v) is 15.2. The average molecular weight is 859 g/mol. The number of aromatic amines is 1. The number of hydrogen-bond donors (Lipinski definition) is 4. The predicted octanol–water partition coefficient (Wildman–Crippen LogP) is 6.87. The maximum atomic E-state index is 11.6. The third kappa shape index (κ3) is 25.5. The number of nitrogens with one attached hydrogen (secondary N) is 4. The minimum atomic E-state index is -3.26. The number of rotatable bonds is 10. The van der Waals surface area contributed by atoms with E-state index in [1.165, 1.54) is 19.3 Å². The molecule has 1 aliphatic heterocycles. The van der Waals surface area contributed by atoms with E-state index in [-0.39, 0.29) is 35.7 Å². The maximum absolute atomic E-state index is 11.6. The number of fused-ring (bicyclic) bond motifs is 1. The number of pyridine rings is 1. The molecule has 4 N–H and O–H groups in total. The first-order valence-electron chi connectivity index (χ1n) is 19.0. The lowest BCUT2D eigenvalue weighted by atomic mass is 10.1. The molecule has 3 fully saturated rings. The number of aldehydes is 2. The molecule has 1 atom stereocenters. The second-order valence-electron chi connectivity index (χ2n) is 12.8. The number of likely N-dealkylation sites (N-methyl/N-ethyl adjacent to an activating group) is 1. The van der Waals surface area contributed by atoms with Crippen molar-refractivity contribution in [2.24, 2.45) is 5.92 Å². The molecule has 326 valence electrons. The van der Waals surface area contributed by atoms with Gasteiger partial charge in [-0.15, -0.1) is 38.9 Å². The van der Waals surface area contributed by atoms with Crippen molar-refractivity contribution in [3.8, 4) is 31.4 Å². The van der Waals surface area contributed by atoms with Gasteiger partial charge in [0, 0.05) is 33.9 Å². The fourth-order valence-corrected chi connectivity index (χ4v) is 5.82. The summed E-state index contributed by atoms with van der Waals surface area (Å²) in [5.74, 6) is 1.72. The number of carbonyl (C=O) groups is 4. The Labute approximate surface area is 357 Å². The summed E-state index contributed by atoms with van der Waals surface area (Å²) in [5.41, 5.74) is 1.22. The van der Waals surface area contributed by atoms with Gasteiger partial charge < -0.3 is 25.1 Å². The van der Waals surface area contributed by atoms with Crippen LogP contribution >= 0.6 is 11.6 Å². The SMILES string of the molecule is C#C.C#C.C=C.CC.CC(C)C.CN1CCC[C@H]1C(=O)NC1CC1.COc1c[nH]c(=O)c2cc(Cl)ccc12.O=CCNc1cccc(C=O)c1.O=CNS(=O)(=O)C1CC1. The smallest absolute Gasteiger partial charge is 0.256 e. The molecule has 59 heavy (non-hydrogen) atoms. The summed E-state index contributed by atoms with van der Waals surface area (Å²) in [5, 5.41) is 7.43. The number of benzene rings is 2. The number of hydrogen-bond acceptors (Lipinski definition) is 10. The molecule has 13 nitrogen and oxygen atoms in total. The summed E-state index contributed by atoms with van der Waals surface area (Å²) in [4.78, 5) is 57.7. The number of methoxy groups -OCH3 is 1. The number of likely N-dealkylation sites (tertiary alicyclic amines) is 1. The van der Waals surface area contributed by atoms with Crippen LogP contribution in [-0.4, -0.2) is 87.8 Å². The summed E-state index contributed by atoms with van der Waals surface area (Å²) in [6.07, 6.45) is 25.2. The number of terminal acetylenes is 2. The van der Waals surface area contributed by atoms with Gasteiger partial charge in [-0.2, -0.15) is 0 Å². The van der Waals surface area contributed by atoms with Crippen LogP contribution in [0.5, 0.6) is 5.75 Å². The topological polar surface area (TPSA) is 184 Å². The van der Waals surface area contributed by atoms with Crippen LogP contribution in [0.1, 0.15) is 83.5 Å². The van der Waals surface area contributed by atoms with Gasteiger partial charge in [0.2, 0.25) is 22.3 Å². The molecule has 3 aliphatic rings. The molecule has 2 aromatic carbocycles. The number of anilines is 1. The number of ether oxygens (including phenoxy) is 1. The van der Waals surface area contributed by atoms with E-state index in [0.717, 1.165) is 42.5 Å². The van der Waals surface area contributed by atoms with Crippen LogP contribution in [0.25, 0.3) is 10.8 Å². The van der Waals surface area contributed by atoms with Gasteiger partial charge in [0.1, 0.15) is 18.3 Å². The van der Waals surface area contributed by atoms with Crippen molar-refractivity contribution in [1.82, 2.24) is 19.9 Å². The maximum Gasteiger partial charge on any atom is 0.256 e. The fourth-order valence-electron chi connectivity index (χ4n) is 4.56. The van der Waals surface area contributed by atoms with Gasteiger partial charge in [0.15, 0.2) is 0 Å². The Morgan fingerprint density at radius 1 is 0.983 bits per heavy atom. The Kier molecular flexibility index (Phi) is 34.0. The number of halogens is 1. The van der Waals surface area contributed by atoms with E-state index in [9.17, 15) is 32.4 Å². The summed E-state index contributed by atoms with van der Waals surface area (Å²) < 4.78 is 28.2. The van der Waals surface area contributed by atoms with Crippen LogP contribution in [0.3, 0.4) is 0 Å². The summed E-state index contributed by atoms with van der Waals surface area (Å²) in [6, 6.07) is 12.7. The molecular weight excluding hydrogens is 794 g/mol. The van der Waals surface area contributed by atoms with Gasteiger partial charge in [-0.1, -0.05) is 58.4 Å². The first kappa shape index (κ1) is 57.9. The zero-order valence-electron chi connectivity index (χ0n) is 35.5. The Morgan fingerprint density at radius 3 is 2.03 bits per heavy atom. The second kappa shape index (κ2) is 34.6. The molecule has 2 heterocycles. The standard InChI is InChI=1S/C10H8ClNO2.C9H16N2O.C9H9NO2.C4H7NO3S.C4H10.C2H6.C2H4.2C2H2/c1-14-9-5-12-10(13)8-4-6(11)2-3-7(8)9;1-11-6-2-3-8(11)9(12)10-7-4-5-7;11-5-4-10-9-3-1-2-8(6-9)7-12;6-3-5-9(7,8)4-1-2-4;1-4(2)3;4*1-2/h2-5H,1H3,(H,12,13);7-8H,2-6H2,1H3,(H,10,12);1-3,5-7,10H,4H2;3-4H,1-2H2,(H,5,6);4H,1-3H3;1-2H3;1-2H2;2*1-2H/t;8-;;;;;;;/m.0......./s1. The monoisotopic (exact) mass is 857 g/mol. The van der Waals surface area contributed by atoms with Crippen LogP contribution in [0.15, 0.2) is 66.6 Å². The highest BCUT2D eigenvalue weighted by molar-refractivity contribution is 7.90. The molecule has 0 bridgehead atoms. The average Bonchev–Trinajstić information content (AvgIpc) is 4.20. The molecule has 0 spiro atoms. The van der Waals surface area contributed by atoms with Crippen molar-refractivity contribution in [3.05, 3.63) is 82.8 Å². The molecular formula is C44H64ClN5O8S. The molecule has 2 saturated carbocycles. The van der Waals surface area contributed by atoms with E-state index in [2.05, 4.69) is 80.1 Å². The predicted molar refractivity (Wildman–Crippen MR) is 243 cm³/mol. The molecule has 0 unspecified atom stereocenters. The van der Waals surface area contributed by atoms with Gasteiger partial charge in [0.05, 0.1) is 30.3 Å². The Morgan fingerprint density at radius 2 is 1.58 bits per heavy atom. The molecule has 1 saturated heterocycles. The van der Waals surface area contributed by atoms with Crippen LogP contribution in [0, 0.1) is 31.6 Å². The minimum absolute atomic E-state index is 0.158. The van der Waals surface area contributed by atoms with Crippen molar-refractivity contribution < 1.29 is 32.3 Å². The van der Waals surface area contributed by atoms with E-state index in [1.54, 1.807) is 60.5 Å². The lowest BCUT2D eigenvalue weighted by molar-refractivity contribution is -0.125. The van der Waals surface area contributed by atoms with Crippen molar-refractivity contribution >= 4 is 63.0 Å². The number of sulfonamides is 1. The van der Waals surface area contributed by atoms with Gasteiger partial charge in [-0.25, -0.2) is 8.42 Å². The quantitative estimate of drug-likeness (QED) is 0.0954.